The molecule has 3 rings (SSSR count). The fraction of sp³-hybridized carbons (Fsp3) is 0.167. The Balaban J connectivity index is 1.95. The summed E-state index contributed by atoms with van der Waals surface area (Å²) in [5, 5.41) is 1.11. The van der Waals surface area contributed by atoms with E-state index in [1.165, 1.54) is 4.88 Å². The first kappa shape index (κ1) is 9.54. The topological polar surface area (TPSA) is 41.6 Å². The van der Waals surface area contributed by atoms with Crippen molar-refractivity contribution in [3.8, 4) is 0 Å². The van der Waals surface area contributed by atoms with E-state index < -0.39 is 0 Å². The Morgan fingerprint density at radius 3 is 2.94 bits per heavy atom. The molecule has 0 fully saturated rings. The second kappa shape index (κ2) is 3.72. The number of nitrogens with zero attached hydrogens (tertiary/aromatic N) is 2. The summed E-state index contributed by atoms with van der Waals surface area (Å²) in [5.74, 6) is 0.982. The summed E-state index contributed by atoms with van der Waals surface area (Å²) in [4.78, 5) is 13.4. The van der Waals surface area contributed by atoms with E-state index in [0.29, 0.717) is 0 Å². The van der Waals surface area contributed by atoms with Gasteiger partial charge in [0.2, 0.25) is 0 Å². The van der Waals surface area contributed by atoms with Crippen LogP contribution in [0.3, 0.4) is 0 Å². The molecule has 0 spiro atoms. The molecule has 16 heavy (non-hydrogen) atoms. The Labute approximate surface area is 97.2 Å². The van der Waals surface area contributed by atoms with Gasteiger partial charge in [0.25, 0.3) is 0 Å². The highest BCUT2D eigenvalue weighted by Gasteiger charge is 2.05. The van der Waals surface area contributed by atoms with Crippen molar-refractivity contribution in [2.75, 3.05) is 0 Å². The summed E-state index contributed by atoms with van der Waals surface area (Å²) >= 11 is 1.72. The van der Waals surface area contributed by atoms with Crippen LogP contribution in [0.1, 0.15) is 15.7 Å². The molecule has 2 heterocycles. The number of thiazole rings is 1. The van der Waals surface area contributed by atoms with Crippen molar-refractivity contribution in [2.24, 2.45) is 0 Å². The molecule has 0 saturated carbocycles. The smallest absolute Gasteiger partial charge is 0.114 e. The Hall–Kier alpha value is -1.68. The number of aromatic nitrogens is 3. The van der Waals surface area contributed by atoms with Crippen LogP contribution in [0.4, 0.5) is 0 Å². The number of fused-ring (bicyclic) bond motifs is 1. The Morgan fingerprint density at radius 1 is 1.31 bits per heavy atom. The van der Waals surface area contributed by atoms with Crippen LogP contribution in [-0.4, -0.2) is 15.0 Å². The number of rotatable bonds is 2. The van der Waals surface area contributed by atoms with Gasteiger partial charge in [-0.2, -0.15) is 0 Å². The third-order valence-corrected chi connectivity index (χ3v) is 3.34. The summed E-state index contributed by atoms with van der Waals surface area (Å²) < 4.78 is 0. The SMILES string of the molecule is Cc1cnc(Cc2nc3ccccc3[nH]2)s1. The third-order valence-electron chi connectivity index (χ3n) is 2.43. The standard InChI is InChI=1S/C12H11N3S/c1-8-7-13-12(16-8)6-11-14-9-4-2-3-5-10(9)15-11/h2-5,7H,6H2,1H3,(H,14,15). The van der Waals surface area contributed by atoms with E-state index in [1.54, 1.807) is 11.3 Å². The molecule has 0 bridgehead atoms. The first-order valence-corrected chi connectivity index (χ1v) is 5.98. The van der Waals surface area contributed by atoms with Gasteiger partial charge in [0.05, 0.1) is 17.5 Å². The van der Waals surface area contributed by atoms with Crippen molar-refractivity contribution in [3.05, 3.63) is 46.2 Å². The van der Waals surface area contributed by atoms with Gasteiger partial charge in [-0.15, -0.1) is 11.3 Å². The largest absolute Gasteiger partial charge is 0.342 e. The van der Waals surface area contributed by atoms with Crippen LogP contribution in [-0.2, 0) is 6.42 Å². The molecule has 4 heteroatoms. The number of hydrogen-bond acceptors (Lipinski definition) is 3. The van der Waals surface area contributed by atoms with E-state index in [9.17, 15) is 0 Å². The molecule has 0 aliphatic carbocycles. The molecule has 80 valence electrons. The van der Waals surface area contributed by atoms with Crippen LogP contribution in [0, 0.1) is 6.92 Å². The quantitative estimate of drug-likeness (QED) is 0.734. The van der Waals surface area contributed by atoms with Crippen molar-refractivity contribution in [3.63, 3.8) is 0 Å². The highest BCUT2D eigenvalue weighted by Crippen LogP contribution is 2.16. The number of H-pyrrole nitrogens is 1. The maximum Gasteiger partial charge on any atom is 0.114 e. The summed E-state index contributed by atoms with van der Waals surface area (Å²) in [6.45, 7) is 2.07. The van der Waals surface area contributed by atoms with Crippen molar-refractivity contribution in [1.82, 2.24) is 15.0 Å². The Morgan fingerprint density at radius 2 is 2.19 bits per heavy atom. The van der Waals surface area contributed by atoms with Gasteiger partial charge in [-0.1, -0.05) is 12.1 Å². The normalized spacial score (nSPS) is 11.1. The maximum absolute atomic E-state index is 4.53. The molecule has 1 N–H and O–H groups in total. The Bertz CT molecular complexity index is 591. The van der Waals surface area contributed by atoms with Gasteiger partial charge in [-0.3, -0.25) is 0 Å². The van der Waals surface area contributed by atoms with Gasteiger partial charge in [-0.25, -0.2) is 9.97 Å². The molecule has 0 saturated heterocycles. The molecular weight excluding hydrogens is 218 g/mol. The van der Waals surface area contributed by atoms with Crippen LogP contribution in [0.15, 0.2) is 30.5 Å². The summed E-state index contributed by atoms with van der Waals surface area (Å²) in [5.41, 5.74) is 2.11. The zero-order chi connectivity index (χ0) is 11.0. The van der Waals surface area contributed by atoms with Gasteiger partial charge in [-0.05, 0) is 19.1 Å². The molecule has 3 aromatic rings. The first-order valence-electron chi connectivity index (χ1n) is 5.16. The molecule has 0 aliphatic rings. The number of aromatic amines is 1. The van der Waals surface area contributed by atoms with Gasteiger partial charge in [0, 0.05) is 11.1 Å². The molecule has 3 nitrogen and oxygen atoms in total. The van der Waals surface area contributed by atoms with Crippen LogP contribution in [0.5, 0.6) is 0 Å². The lowest BCUT2D eigenvalue weighted by atomic mass is 10.3. The molecular formula is C12H11N3S. The summed E-state index contributed by atoms with van der Waals surface area (Å²) in [7, 11) is 0. The fourth-order valence-electron chi connectivity index (χ4n) is 1.72. The second-order valence-electron chi connectivity index (χ2n) is 3.74. The van der Waals surface area contributed by atoms with Gasteiger partial charge in [0.1, 0.15) is 10.8 Å². The second-order valence-corrected chi connectivity index (χ2v) is 5.06. The number of hydrogen-bond donors (Lipinski definition) is 1. The van der Waals surface area contributed by atoms with Gasteiger partial charge >= 0.3 is 0 Å². The number of benzene rings is 1. The minimum absolute atomic E-state index is 0.785. The molecule has 2 aromatic heterocycles. The van der Waals surface area contributed by atoms with E-state index >= 15 is 0 Å². The molecule has 0 unspecified atom stereocenters. The Kier molecular flexibility index (Phi) is 2.22. The summed E-state index contributed by atoms with van der Waals surface area (Å²) in [6, 6.07) is 8.07. The monoisotopic (exact) mass is 229 g/mol. The lowest BCUT2D eigenvalue weighted by Crippen LogP contribution is -1.88. The van der Waals surface area contributed by atoms with Crippen molar-refractivity contribution < 1.29 is 0 Å². The average molecular weight is 229 g/mol. The lowest BCUT2D eigenvalue weighted by molar-refractivity contribution is 1.02. The van der Waals surface area contributed by atoms with E-state index in [0.717, 1.165) is 28.3 Å². The van der Waals surface area contributed by atoms with Crippen molar-refractivity contribution >= 4 is 22.4 Å². The number of nitrogens with one attached hydrogen (secondary N) is 1. The maximum atomic E-state index is 4.53. The lowest BCUT2D eigenvalue weighted by Gasteiger charge is -1.89. The van der Waals surface area contributed by atoms with Crippen LogP contribution >= 0.6 is 11.3 Å². The highest BCUT2D eigenvalue weighted by atomic mass is 32.1. The molecule has 0 aliphatic heterocycles. The molecule has 1 aromatic carbocycles. The van der Waals surface area contributed by atoms with Crippen molar-refractivity contribution in [2.45, 2.75) is 13.3 Å². The predicted octanol–water partition coefficient (Wildman–Crippen LogP) is 2.92. The molecule has 0 radical (unpaired) electrons. The predicted molar refractivity (Wildman–Crippen MR) is 65.8 cm³/mol. The molecule has 0 atom stereocenters. The van der Waals surface area contributed by atoms with Gasteiger partial charge in [0.15, 0.2) is 0 Å². The minimum Gasteiger partial charge on any atom is -0.342 e. The molecule has 0 amide bonds. The third kappa shape index (κ3) is 1.72. The van der Waals surface area contributed by atoms with Crippen LogP contribution in [0.2, 0.25) is 0 Å². The van der Waals surface area contributed by atoms with Gasteiger partial charge < -0.3 is 4.98 Å². The van der Waals surface area contributed by atoms with Crippen LogP contribution in [0.25, 0.3) is 11.0 Å². The average Bonchev–Trinajstić information content (AvgIpc) is 2.84. The number of imidazole rings is 1. The first-order chi connectivity index (χ1) is 7.81. The zero-order valence-electron chi connectivity index (χ0n) is 8.90. The fourth-order valence-corrected chi connectivity index (χ4v) is 2.51. The number of para-hydroxylation sites is 2. The van der Waals surface area contributed by atoms with E-state index in [4.69, 9.17) is 0 Å². The van der Waals surface area contributed by atoms with E-state index in [-0.39, 0.29) is 0 Å². The summed E-state index contributed by atoms with van der Waals surface area (Å²) in [6.07, 6.45) is 2.69. The zero-order valence-corrected chi connectivity index (χ0v) is 9.71. The van der Waals surface area contributed by atoms with Crippen molar-refractivity contribution in [1.29, 1.82) is 0 Å². The minimum atomic E-state index is 0.785. The van der Waals surface area contributed by atoms with E-state index in [1.807, 2.05) is 30.5 Å². The highest BCUT2D eigenvalue weighted by molar-refractivity contribution is 7.11. The number of aryl methyl sites for hydroxylation is 1. The van der Waals surface area contributed by atoms with E-state index in [2.05, 4.69) is 21.9 Å². The van der Waals surface area contributed by atoms with Crippen LogP contribution < -0.4 is 0 Å².